The molecule has 0 radical (unpaired) electrons. The summed E-state index contributed by atoms with van der Waals surface area (Å²) in [6, 6.07) is 2.94. The van der Waals surface area contributed by atoms with Gasteiger partial charge in [0.1, 0.15) is 0 Å². The summed E-state index contributed by atoms with van der Waals surface area (Å²) in [7, 11) is 2.09. The van der Waals surface area contributed by atoms with Gasteiger partial charge in [0, 0.05) is 10.9 Å². The second-order valence-electron chi connectivity index (χ2n) is 4.30. The van der Waals surface area contributed by atoms with Crippen LogP contribution in [0.15, 0.2) is 11.4 Å². The summed E-state index contributed by atoms with van der Waals surface area (Å²) in [6.45, 7) is 2.19. The van der Waals surface area contributed by atoms with E-state index < -0.39 is 0 Å². The molecule has 1 unspecified atom stereocenters. The molecule has 2 rings (SSSR count). The Morgan fingerprint density at radius 2 is 2.14 bits per heavy atom. The van der Waals surface area contributed by atoms with E-state index >= 15 is 0 Å². The standard InChI is InChI=1S/C12H19NS/c1-9-7-11(8-14-9)12(13-2)10-5-3-4-6-10/h7-8,10,12-13H,3-6H2,1-2H3. The predicted molar refractivity (Wildman–Crippen MR) is 62.8 cm³/mol. The van der Waals surface area contributed by atoms with E-state index in [0.29, 0.717) is 6.04 Å². The molecule has 0 spiro atoms. The molecule has 1 aromatic rings. The first-order chi connectivity index (χ1) is 6.81. The Hall–Kier alpha value is -0.340. The fourth-order valence-electron chi connectivity index (χ4n) is 2.59. The molecule has 1 atom stereocenters. The summed E-state index contributed by atoms with van der Waals surface area (Å²) in [5.74, 6) is 0.869. The zero-order chi connectivity index (χ0) is 9.97. The zero-order valence-corrected chi connectivity index (χ0v) is 9.86. The van der Waals surface area contributed by atoms with Crippen molar-refractivity contribution >= 4 is 11.3 Å². The van der Waals surface area contributed by atoms with Gasteiger partial charge in [-0.05, 0) is 49.7 Å². The summed E-state index contributed by atoms with van der Waals surface area (Å²) in [5.41, 5.74) is 1.50. The van der Waals surface area contributed by atoms with Crippen LogP contribution < -0.4 is 5.32 Å². The van der Waals surface area contributed by atoms with Crippen molar-refractivity contribution in [3.05, 3.63) is 21.9 Å². The minimum Gasteiger partial charge on any atom is -0.313 e. The average molecular weight is 209 g/mol. The molecule has 1 nitrogen and oxygen atoms in total. The summed E-state index contributed by atoms with van der Waals surface area (Å²) < 4.78 is 0. The van der Waals surface area contributed by atoms with Crippen molar-refractivity contribution in [2.75, 3.05) is 7.05 Å². The molecule has 1 N–H and O–H groups in total. The molecule has 1 heterocycles. The van der Waals surface area contributed by atoms with Gasteiger partial charge < -0.3 is 5.32 Å². The maximum atomic E-state index is 3.48. The quantitative estimate of drug-likeness (QED) is 0.803. The minimum absolute atomic E-state index is 0.599. The fourth-order valence-corrected chi connectivity index (χ4v) is 3.33. The number of aryl methyl sites for hydroxylation is 1. The van der Waals surface area contributed by atoms with E-state index in [9.17, 15) is 0 Å². The van der Waals surface area contributed by atoms with Crippen molar-refractivity contribution in [2.45, 2.75) is 38.6 Å². The minimum atomic E-state index is 0.599. The molecule has 14 heavy (non-hydrogen) atoms. The van der Waals surface area contributed by atoms with Crippen LogP contribution in [0, 0.1) is 12.8 Å². The van der Waals surface area contributed by atoms with Crippen LogP contribution in [0.1, 0.15) is 42.2 Å². The van der Waals surface area contributed by atoms with Crippen molar-refractivity contribution in [3.8, 4) is 0 Å². The molecule has 1 saturated carbocycles. The van der Waals surface area contributed by atoms with E-state index in [4.69, 9.17) is 0 Å². The van der Waals surface area contributed by atoms with Crippen molar-refractivity contribution < 1.29 is 0 Å². The molecule has 0 aromatic carbocycles. The second-order valence-corrected chi connectivity index (χ2v) is 5.42. The Morgan fingerprint density at radius 3 is 2.64 bits per heavy atom. The Bertz CT molecular complexity index is 286. The highest BCUT2D eigenvalue weighted by Crippen LogP contribution is 2.36. The predicted octanol–water partition coefficient (Wildman–Crippen LogP) is 3.51. The Labute approximate surface area is 90.5 Å². The van der Waals surface area contributed by atoms with Gasteiger partial charge in [-0.1, -0.05) is 12.8 Å². The normalized spacial score (nSPS) is 20.1. The average Bonchev–Trinajstić information content (AvgIpc) is 2.79. The summed E-state index contributed by atoms with van der Waals surface area (Å²) >= 11 is 1.87. The van der Waals surface area contributed by atoms with Crippen molar-refractivity contribution in [1.82, 2.24) is 5.32 Å². The van der Waals surface area contributed by atoms with Gasteiger partial charge in [0.15, 0.2) is 0 Å². The largest absolute Gasteiger partial charge is 0.313 e. The topological polar surface area (TPSA) is 12.0 Å². The summed E-state index contributed by atoms with van der Waals surface area (Å²) in [4.78, 5) is 1.43. The molecule has 1 aromatic heterocycles. The molecule has 1 aliphatic carbocycles. The van der Waals surface area contributed by atoms with E-state index in [2.05, 4.69) is 30.7 Å². The number of hydrogen-bond donors (Lipinski definition) is 1. The first-order valence-electron chi connectivity index (χ1n) is 5.53. The monoisotopic (exact) mass is 209 g/mol. The van der Waals surface area contributed by atoms with Crippen LogP contribution in [0.2, 0.25) is 0 Å². The summed E-state index contributed by atoms with van der Waals surface area (Å²) in [5, 5.41) is 5.79. The third-order valence-electron chi connectivity index (χ3n) is 3.29. The fraction of sp³-hybridized carbons (Fsp3) is 0.667. The van der Waals surface area contributed by atoms with Gasteiger partial charge in [-0.15, -0.1) is 11.3 Å². The van der Waals surface area contributed by atoms with Crippen LogP contribution in [-0.4, -0.2) is 7.05 Å². The van der Waals surface area contributed by atoms with Gasteiger partial charge in [-0.2, -0.15) is 0 Å². The molecule has 0 saturated heterocycles. The molecule has 0 aliphatic heterocycles. The zero-order valence-electron chi connectivity index (χ0n) is 9.05. The highest BCUT2D eigenvalue weighted by atomic mass is 32.1. The number of thiophene rings is 1. The number of nitrogens with one attached hydrogen (secondary N) is 1. The lowest BCUT2D eigenvalue weighted by atomic mass is 9.93. The van der Waals surface area contributed by atoms with Crippen LogP contribution in [0.25, 0.3) is 0 Å². The van der Waals surface area contributed by atoms with Gasteiger partial charge in [-0.3, -0.25) is 0 Å². The SMILES string of the molecule is CNC(c1csc(C)c1)C1CCCC1. The Balaban J connectivity index is 2.12. The smallest absolute Gasteiger partial charge is 0.0354 e. The van der Waals surface area contributed by atoms with Gasteiger partial charge in [0.2, 0.25) is 0 Å². The Kier molecular flexibility index (Phi) is 3.24. The van der Waals surface area contributed by atoms with Gasteiger partial charge >= 0.3 is 0 Å². The van der Waals surface area contributed by atoms with Crippen molar-refractivity contribution in [2.24, 2.45) is 5.92 Å². The molecular weight excluding hydrogens is 190 g/mol. The molecule has 0 amide bonds. The molecule has 2 heteroatoms. The van der Waals surface area contributed by atoms with Gasteiger partial charge in [-0.25, -0.2) is 0 Å². The second kappa shape index (κ2) is 4.45. The van der Waals surface area contributed by atoms with E-state index in [1.807, 2.05) is 11.3 Å². The van der Waals surface area contributed by atoms with E-state index in [1.54, 1.807) is 0 Å². The van der Waals surface area contributed by atoms with Crippen LogP contribution in [0.3, 0.4) is 0 Å². The van der Waals surface area contributed by atoms with E-state index in [0.717, 1.165) is 5.92 Å². The van der Waals surface area contributed by atoms with Crippen LogP contribution in [0.5, 0.6) is 0 Å². The van der Waals surface area contributed by atoms with Gasteiger partial charge in [0.05, 0.1) is 0 Å². The number of hydrogen-bond acceptors (Lipinski definition) is 2. The lowest BCUT2D eigenvalue weighted by molar-refractivity contribution is 0.391. The van der Waals surface area contributed by atoms with E-state index in [-0.39, 0.29) is 0 Å². The summed E-state index contributed by atoms with van der Waals surface area (Å²) in [6.07, 6.45) is 5.65. The lowest BCUT2D eigenvalue weighted by Gasteiger charge is -2.21. The number of rotatable bonds is 3. The molecule has 78 valence electrons. The lowest BCUT2D eigenvalue weighted by Crippen LogP contribution is -2.22. The van der Waals surface area contributed by atoms with Crippen molar-refractivity contribution in [1.29, 1.82) is 0 Å². The first kappa shape index (κ1) is 10.2. The first-order valence-corrected chi connectivity index (χ1v) is 6.41. The maximum absolute atomic E-state index is 3.48. The Morgan fingerprint density at radius 1 is 1.43 bits per heavy atom. The third-order valence-corrected chi connectivity index (χ3v) is 4.17. The van der Waals surface area contributed by atoms with Crippen LogP contribution >= 0.6 is 11.3 Å². The maximum Gasteiger partial charge on any atom is 0.0354 e. The van der Waals surface area contributed by atoms with E-state index in [1.165, 1.54) is 36.1 Å². The third kappa shape index (κ3) is 2.01. The molecule has 1 fully saturated rings. The highest BCUT2D eigenvalue weighted by Gasteiger charge is 2.25. The van der Waals surface area contributed by atoms with Crippen LogP contribution in [-0.2, 0) is 0 Å². The van der Waals surface area contributed by atoms with Gasteiger partial charge in [0.25, 0.3) is 0 Å². The molecule has 1 aliphatic rings. The molecular formula is C12H19NS. The highest BCUT2D eigenvalue weighted by molar-refractivity contribution is 7.10. The van der Waals surface area contributed by atoms with Crippen LogP contribution in [0.4, 0.5) is 0 Å². The van der Waals surface area contributed by atoms with Crippen molar-refractivity contribution in [3.63, 3.8) is 0 Å². The molecule has 0 bridgehead atoms.